The van der Waals surface area contributed by atoms with Crippen molar-refractivity contribution >= 4 is 0 Å². The number of nitrogens with zero attached hydrogens (tertiary/aromatic N) is 1. The van der Waals surface area contributed by atoms with E-state index in [1.165, 1.54) is 22.3 Å². The maximum atomic E-state index is 4.53. The summed E-state index contributed by atoms with van der Waals surface area (Å²) in [5.41, 5.74) is 6.56. The van der Waals surface area contributed by atoms with Gasteiger partial charge in [0, 0.05) is 5.41 Å². The van der Waals surface area contributed by atoms with E-state index in [1.54, 1.807) is 0 Å². The molecule has 1 heterocycles. The van der Waals surface area contributed by atoms with Crippen LogP contribution in [0.15, 0.2) is 54.7 Å². The van der Waals surface area contributed by atoms with Crippen molar-refractivity contribution in [2.75, 3.05) is 0 Å². The summed E-state index contributed by atoms with van der Waals surface area (Å²) in [6.07, 6.45) is 2.89. The summed E-state index contributed by atoms with van der Waals surface area (Å²) in [7, 11) is 0. The molecule has 2 nitrogen and oxygen atoms in total. The highest BCUT2D eigenvalue weighted by Gasteiger charge is 2.17. The Morgan fingerprint density at radius 2 is 1.27 bits per heavy atom. The zero-order valence-electron chi connectivity index (χ0n) is 16.9. The molecule has 0 spiro atoms. The van der Waals surface area contributed by atoms with Crippen molar-refractivity contribution in [3.63, 3.8) is 0 Å². The Bertz CT molecular complexity index is 854. The first-order valence-corrected chi connectivity index (χ1v) is 9.37. The molecule has 0 aliphatic carbocycles. The topological polar surface area (TPSA) is 28.7 Å². The van der Waals surface area contributed by atoms with Crippen molar-refractivity contribution in [3.05, 3.63) is 77.2 Å². The molecule has 1 N–H and O–H groups in total. The summed E-state index contributed by atoms with van der Waals surface area (Å²) < 4.78 is 0. The first-order valence-electron chi connectivity index (χ1n) is 9.37. The van der Waals surface area contributed by atoms with Gasteiger partial charge in [-0.3, -0.25) is 0 Å². The molecule has 0 atom stereocenters. The SMILES string of the molecule is CC(C)(C)c1ccc(Cc2ccc(-c3cnc(C(C)(C)C)[nH]3)cc2)cc1. The van der Waals surface area contributed by atoms with Crippen LogP contribution in [0, 0.1) is 0 Å². The van der Waals surface area contributed by atoms with Crippen LogP contribution in [0.4, 0.5) is 0 Å². The molecular weight excluding hydrogens is 316 g/mol. The summed E-state index contributed by atoms with van der Waals surface area (Å²) in [5.74, 6) is 1.02. The van der Waals surface area contributed by atoms with E-state index in [9.17, 15) is 0 Å². The third-order valence-corrected chi connectivity index (χ3v) is 4.78. The standard InChI is InChI=1S/C24H30N2/c1-23(2,3)20-13-9-18(10-14-20)15-17-7-11-19(12-8-17)21-16-25-22(26-21)24(4,5)6/h7-14,16H,15H2,1-6H3,(H,25,26). The van der Waals surface area contributed by atoms with E-state index in [4.69, 9.17) is 0 Å². The minimum atomic E-state index is 0.0391. The minimum Gasteiger partial charge on any atom is -0.342 e. The van der Waals surface area contributed by atoms with E-state index in [2.05, 4.69) is 100 Å². The summed E-state index contributed by atoms with van der Waals surface area (Å²) in [6, 6.07) is 17.8. The van der Waals surface area contributed by atoms with Gasteiger partial charge in [0.25, 0.3) is 0 Å². The van der Waals surface area contributed by atoms with E-state index in [0.29, 0.717) is 0 Å². The van der Waals surface area contributed by atoms with Gasteiger partial charge in [-0.1, -0.05) is 90.1 Å². The minimum absolute atomic E-state index is 0.0391. The molecule has 0 saturated carbocycles. The average Bonchev–Trinajstić information content (AvgIpc) is 3.05. The number of imidazole rings is 1. The number of nitrogens with one attached hydrogen (secondary N) is 1. The van der Waals surface area contributed by atoms with Gasteiger partial charge in [0.1, 0.15) is 5.82 Å². The van der Waals surface area contributed by atoms with Crippen LogP contribution in [0.3, 0.4) is 0 Å². The van der Waals surface area contributed by atoms with Gasteiger partial charge in [-0.2, -0.15) is 0 Å². The average molecular weight is 347 g/mol. The Morgan fingerprint density at radius 3 is 1.73 bits per heavy atom. The highest BCUT2D eigenvalue weighted by atomic mass is 14.9. The molecule has 0 bridgehead atoms. The Hall–Kier alpha value is -2.35. The first kappa shape index (κ1) is 18.4. The van der Waals surface area contributed by atoms with E-state index in [0.717, 1.165) is 17.9 Å². The normalized spacial score (nSPS) is 12.4. The number of hydrogen-bond acceptors (Lipinski definition) is 1. The number of H-pyrrole nitrogens is 1. The summed E-state index contributed by atoms with van der Waals surface area (Å²) >= 11 is 0. The Morgan fingerprint density at radius 1 is 0.731 bits per heavy atom. The van der Waals surface area contributed by atoms with Gasteiger partial charge in [0.2, 0.25) is 0 Å². The second-order valence-corrected chi connectivity index (χ2v) is 9.22. The van der Waals surface area contributed by atoms with Crippen molar-refractivity contribution in [1.82, 2.24) is 9.97 Å². The smallest absolute Gasteiger partial charge is 0.111 e. The molecule has 136 valence electrons. The monoisotopic (exact) mass is 346 g/mol. The van der Waals surface area contributed by atoms with E-state index >= 15 is 0 Å². The molecule has 3 rings (SSSR count). The first-order chi connectivity index (χ1) is 12.1. The van der Waals surface area contributed by atoms with Crippen molar-refractivity contribution in [2.24, 2.45) is 0 Å². The van der Waals surface area contributed by atoms with Gasteiger partial charge in [-0.25, -0.2) is 4.98 Å². The number of aromatic nitrogens is 2. The van der Waals surface area contributed by atoms with Crippen LogP contribution >= 0.6 is 0 Å². The van der Waals surface area contributed by atoms with Crippen LogP contribution in [-0.2, 0) is 17.3 Å². The maximum Gasteiger partial charge on any atom is 0.111 e. The fourth-order valence-electron chi connectivity index (χ4n) is 3.01. The molecule has 0 fully saturated rings. The number of hydrogen-bond donors (Lipinski definition) is 1. The van der Waals surface area contributed by atoms with Crippen molar-refractivity contribution in [2.45, 2.75) is 58.8 Å². The van der Waals surface area contributed by atoms with Crippen LogP contribution in [0.2, 0.25) is 0 Å². The molecule has 0 saturated heterocycles. The van der Waals surface area contributed by atoms with Gasteiger partial charge < -0.3 is 4.98 Å². The molecule has 3 aromatic rings. The lowest BCUT2D eigenvalue weighted by atomic mass is 9.86. The Labute approximate surface area is 157 Å². The van der Waals surface area contributed by atoms with Gasteiger partial charge >= 0.3 is 0 Å². The molecule has 0 radical (unpaired) electrons. The molecular formula is C24H30N2. The van der Waals surface area contributed by atoms with Crippen LogP contribution in [0.5, 0.6) is 0 Å². The number of rotatable bonds is 3. The fraction of sp³-hybridized carbons (Fsp3) is 0.375. The van der Waals surface area contributed by atoms with E-state index < -0.39 is 0 Å². The molecule has 0 aliphatic heterocycles. The molecule has 0 unspecified atom stereocenters. The van der Waals surface area contributed by atoms with Crippen molar-refractivity contribution in [3.8, 4) is 11.3 Å². The van der Waals surface area contributed by atoms with Crippen LogP contribution < -0.4 is 0 Å². The maximum absolute atomic E-state index is 4.53. The van der Waals surface area contributed by atoms with Crippen LogP contribution in [0.1, 0.15) is 64.1 Å². The van der Waals surface area contributed by atoms with Gasteiger partial charge in [-0.05, 0) is 34.1 Å². The quantitative estimate of drug-likeness (QED) is 0.595. The number of aromatic amines is 1. The highest BCUT2D eigenvalue weighted by molar-refractivity contribution is 5.59. The lowest BCUT2D eigenvalue weighted by molar-refractivity contribution is 0.553. The zero-order valence-corrected chi connectivity index (χ0v) is 16.9. The van der Waals surface area contributed by atoms with Crippen molar-refractivity contribution in [1.29, 1.82) is 0 Å². The Kier molecular flexibility index (Phi) is 4.79. The molecule has 1 aromatic heterocycles. The van der Waals surface area contributed by atoms with Gasteiger partial charge in [-0.15, -0.1) is 0 Å². The fourth-order valence-corrected chi connectivity index (χ4v) is 3.01. The predicted octanol–water partition coefficient (Wildman–Crippen LogP) is 6.26. The van der Waals surface area contributed by atoms with Crippen LogP contribution in [-0.4, -0.2) is 9.97 Å². The second kappa shape index (κ2) is 6.75. The third-order valence-electron chi connectivity index (χ3n) is 4.78. The van der Waals surface area contributed by atoms with Gasteiger partial charge in [0.15, 0.2) is 0 Å². The van der Waals surface area contributed by atoms with Gasteiger partial charge in [0.05, 0.1) is 11.9 Å². The lowest BCUT2D eigenvalue weighted by Crippen LogP contribution is -2.13. The highest BCUT2D eigenvalue weighted by Crippen LogP contribution is 2.25. The summed E-state index contributed by atoms with van der Waals surface area (Å²) in [4.78, 5) is 7.97. The molecule has 0 amide bonds. The van der Waals surface area contributed by atoms with E-state index in [1.807, 2.05) is 6.20 Å². The Balaban J connectivity index is 1.73. The number of benzene rings is 2. The van der Waals surface area contributed by atoms with Crippen molar-refractivity contribution < 1.29 is 0 Å². The molecule has 2 aromatic carbocycles. The predicted molar refractivity (Wildman–Crippen MR) is 111 cm³/mol. The summed E-state index contributed by atoms with van der Waals surface area (Å²) in [6.45, 7) is 13.3. The largest absolute Gasteiger partial charge is 0.342 e. The summed E-state index contributed by atoms with van der Waals surface area (Å²) in [5, 5.41) is 0. The molecule has 26 heavy (non-hydrogen) atoms. The van der Waals surface area contributed by atoms with Crippen LogP contribution in [0.25, 0.3) is 11.3 Å². The molecule has 2 heteroatoms. The molecule has 0 aliphatic rings. The second-order valence-electron chi connectivity index (χ2n) is 9.22. The zero-order chi connectivity index (χ0) is 18.9. The van der Waals surface area contributed by atoms with E-state index in [-0.39, 0.29) is 10.8 Å². The third kappa shape index (κ3) is 4.24. The lowest BCUT2D eigenvalue weighted by Gasteiger charge is -2.19.